The first-order valence-corrected chi connectivity index (χ1v) is 5.03. The number of carbonyl (C=O) groups excluding carboxylic acids is 1. The normalized spacial score (nSPS) is 12.4. The number of nitrogens with one attached hydrogen (secondary N) is 1. The molecule has 0 spiro atoms. The number of aromatic nitrogens is 1. The average Bonchev–Trinajstić information content (AvgIpc) is 2.69. The summed E-state index contributed by atoms with van der Waals surface area (Å²) in [7, 11) is 1.46. The van der Waals surface area contributed by atoms with Crippen LogP contribution in [-0.4, -0.2) is 30.6 Å². The Kier molecular flexibility index (Phi) is 4.51. The van der Waals surface area contributed by atoms with Crippen molar-refractivity contribution in [2.45, 2.75) is 12.6 Å². The van der Waals surface area contributed by atoms with Crippen LogP contribution in [0.1, 0.15) is 4.88 Å². The zero-order chi connectivity index (χ0) is 10.4. The molecule has 0 radical (unpaired) electrons. The summed E-state index contributed by atoms with van der Waals surface area (Å²) in [6.07, 6.45) is 1.15. The Hall–Kier alpha value is -0.980. The third-order valence-corrected chi connectivity index (χ3v) is 2.49. The Balaban J connectivity index is 2.34. The van der Waals surface area contributed by atoms with E-state index in [1.807, 2.05) is 0 Å². The molecule has 0 saturated heterocycles. The van der Waals surface area contributed by atoms with Crippen molar-refractivity contribution in [3.05, 3.63) is 16.6 Å². The zero-order valence-corrected chi connectivity index (χ0v) is 8.71. The molecule has 1 aromatic rings. The molecule has 14 heavy (non-hydrogen) atoms. The maximum atomic E-state index is 11.4. The molecule has 1 rings (SSSR count). The van der Waals surface area contributed by atoms with Crippen molar-refractivity contribution < 1.29 is 9.53 Å². The quantitative estimate of drug-likeness (QED) is 0.709. The van der Waals surface area contributed by atoms with Crippen molar-refractivity contribution in [3.8, 4) is 0 Å². The second-order valence-corrected chi connectivity index (χ2v) is 3.62. The molecule has 5 nitrogen and oxygen atoms in total. The van der Waals surface area contributed by atoms with Crippen LogP contribution in [0.4, 0.5) is 0 Å². The van der Waals surface area contributed by atoms with Crippen molar-refractivity contribution in [3.63, 3.8) is 0 Å². The lowest BCUT2D eigenvalue weighted by atomic mass is 10.3. The predicted molar refractivity (Wildman–Crippen MR) is 53.8 cm³/mol. The van der Waals surface area contributed by atoms with Crippen LogP contribution in [0.25, 0.3) is 0 Å². The first kappa shape index (κ1) is 11.1. The number of methoxy groups -OCH3 is 1. The third kappa shape index (κ3) is 3.06. The summed E-state index contributed by atoms with van der Waals surface area (Å²) in [5.41, 5.74) is 7.06. The van der Waals surface area contributed by atoms with Crippen molar-refractivity contribution >= 4 is 17.2 Å². The van der Waals surface area contributed by atoms with Crippen LogP contribution in [0.2, 0.25) is 0 Å². The van der Waals surface area contributed by atoms with Gasteiger partial charge in [0.2, 0.25) is 0 Å². The van der Waals surface area contributed by atoms with Crippen LogP contribution >= 0.6 is 11.3 Å². The number of amides is 1. The summed E-state index contributed by atoms with van der Waals surface area (Å²) in [4.78, 5) is 16.3. The Morgan fingerprint density at radius 1 is 1.86 bits per heavy atom. The number of ether oxygens (including phenoxy) is 1. The topological polar surface area (TPSA) is 77.2 Å². The lowest BCUT2D eigenvalue weighted by molar-refractivity contribution is -0.130. The van der Waals surface area contributed by atoms with E-state index in [0.717, 1.165) is 4.88 Å². The van der Waals surface area contributed by atoms with Gasteiger partial charge in [-0.2, -0.15) is 0 Å². The predicted octanol–water partition coefficient (Wildman–Crippen LogP) is -0.267. The van der Waals surface area contributed by atoms with Crippen molar-refractivity contribution in [2.24, 2.45) is 5.73 Å². The first-order valence-electron chi connectivity index (χ1n) is 4.16. The number of rotatable bonds is 5. The van der Waals surface area contributed by atoms with E-state index in [2.05, 4.69) is 10.3 Å². The number of nitrogens with two attached hydrogens (primary N) is 1. The highest BCUT2D eigenvalue weighted by Crippen LogP contribution is 2.04. The SMILES string of the molecule is COC(CN)C(=O)NCc1cncs1. The molecule has 3 N–H and O–H groups in total. The molecule has 0 bridgehead atoms. The molecule has 1 heterocycles. The van der Waals surface area contributed by atoms with E-state index in [1.54, 1.807) is 11.7 Å². The highest BCUT2D eigenvalue weighted by Gasteiger charge is 2.14. The minimum atomic E-state index is -0.567. The highest BCUT2D eigenvalue weighted by atomic mass is 32.1. The Bertz CT molecular complexity index is 272. The fourth-order valence-electron chi connectivity index (χ4n) is 0.928. The average molecular weight is 215 g/mol. The molecule has 0 aromatic carbocycles. The molecule has 0 fully saturated rings. The zero-order valence-electron chi connectivity index (χ0n) is 7.90. The number of thiazole rings is 1. The molecule has 1 atom stereocenters. The lowest BCUT2D eigenvalue weighted by Gasteiger charge is -2.11. The van der Waals surface area contributed by atoms with Gasteiger partial charge < -0.3 is 15.8 Å². The maximum Gasteiger partial charge on any atom is 0.250 e. The Morgan fingerprint density at radius 2 is 2.64 bits per heavy atom. The van der Waals surface area contributed by atoms with E-state index in [9.17, 15) is 4.79 Å². The third-order valence-electron chi connectivity index (χ3n) is 1.71. The van der Waals surface area contributed by atoms with Crippen molar-refractivity contribution in [1.82, 2.24) is 10.3 Å². The molecule has 6 heteroatoms. The van der Waals surface area contributed by atoms with Gasteiger partial charge in [0.15, 0.2) is 0 Å². The monoisotopic (exact) mass is 215 g/mol. The summed E-state index contributed by atoms with van der Waals surface area (Å²) < 4.78 is 4.88. The van der Waals surface area contributed by atoms with Gasteiger partial charge in [0.1, 0.15) is 6.10 Å². The van der Waals surface area contributed by atoms with E-state index < -0.39 is 6.10 Å². The van der Waals surface area contributed by atoms with Crippen LogP contribution in [0, 0.1) is 0 Å². The number of nitrogens with zero attached hydrogens (tertiary/aromatic N) is 1. The summed E-state index contributed by atoms with van der Waals surface area (Å²) >= 11 is 1.49. The molecule has 0 aliphatic rings. The Labute approximate surface area is 86.3 Å². The second-order valence-electron chi connectivity index (χ2n) is 2.65. The number of carbonyl (C=O) groups is 1. The number of hydrogen-bond donors (Lipinski definition) is 2. The van der Waals surface area contributed by atoms with E-state index in [4.69, 9.17) is 10.5 Å². The maximum absolute atomic E-state index is 11.4. The standard InChI is InChI=1S/C8H13N3O2S/c1-13-7(2-9)8(12)11-4-6-3-10-5-14-6/h3,5,7H,2,4,9H2,1H3,(H,11,12). The van der Waals surface area contributed by atoms with Gasteiger partial charge in [-0.15, -0.1) is 11.3 Å². The van der Waals surface area contributed by atoms with Gasteiger partial charge in [0.05, 0.1) is 12.1 Å². The van der Waals surface area contributed by atoms with Gasteiger partial charge in [-0.1, -0.05) is 0 Å². The molecule has 78 valence electrons. The number of hydrogen-bond acceptors (Lipinski definition) is 5. The molecule has 1 aromatic heterocycles. The minimum absolute atomic E-state index is 0.186. The first-order chi connectivity index (χ1) is 6.77. The van der Waals surface area contributed by atoms with Gasteiger partial charge in [-0.05, 0) is 0 Å². The van der Waals surface area contributed by atoms with E-state index in [1.165, 1.54) is 18.4 Å². The van der Waals surface area contributed by atoms with Crippen LogP contribution < -0.4 is 11.1 Å². The van der Waals surface area contributed by atoms with Crippen molar-refractivity contribution in [1.29, 1.82) is 0 Å². The molecule has 0 aliphatic heterocycles. The van der Waals surface area contributed by atoms with Crippen LogP contribution in [0.5, 0.6) is 0 Å². The van der Waals surface area contributed by atoms with Crippen LogP contribution in [0.15, 0.2) is 11.7 Å². The summed E-state index contributed by atoms with van der Waals surface area (Å²) in [6, 6.07) is 0. The van der Waals surface area contributed by atoms with Crippen LogP contribution in [0.3, 0.4) is 0 Å². The Morgan fingerprint density at radius 3 is 3.14 bits per heavy atom. The smallest absolute Gasteiger partial charge is 0.250 e. The van der Waals surface area contributed by atoms with Gasteiger partial charge in [0.25, 0.3) is 5.91 Å². The van der Waals surface area contributed by atoms with Gasteiger partial charge in [0, 0.05) is 24.7 Å². The van der Waals surface area contributed by atoms with E-state index in [-0.39, 0.29) is 12.5 Å². The lowest BCUT2D eigenvalue weighted by Crippen LogP contribution is -2.40. The molecule has 1 amide bonds. The summed E-state index contributed by atoms with van der Waals surface area (Å²) in [5.74, 6) is -0.191. The van der Waals surface area contributed by atoms with Crippen LogP contribution in [-0.2, 0) is 16.1 Å². The summed E-state index contributed by atoms with van der Waals surface area (Å²) in [5, 5.41) is 2.71. The highest BCUT2D eigenvalue weighted by molar-refractivity contribution is 7.09. The van der Waals surface area contributed by atoms with E-state index in [0.29, 0.717) is 6.54 Å². The summed E-state index contributed by atoms with van der Waals surface area (Å²) in [6.45, 7) is 0.661. The van der Waals surface area contributed by atoms with Gasteiger partial charge >= 0.3 is 0 Å². The minimum Gasteiger partial charge on any atom is -0.370 e. The molecule has 0 aliphatic carbocycles. The second kappa shape index (κ2) is 5.69. The van der Waals surface area contributed by atoms with Crippen molar-refractivity contribution in [2.75, 3.05) is 13.7 Å². The van der Waals surface area contributed by atoms with Gasteiger partial charge in [-0.3, -0.25) is 9.78 Å². The molecular formula is C8H13N3O2S. The fourth-order valence-corrected chi connectivity index (χ4v) is 1.46. The van der Waals surface area contributed by atoms with E-state index >= 15 is 0 Å². The van der Waals surface area contributed by atoms with Gasteiger partial charge in [-0.25, -0.2) is 0 Å². The molecule has 1 unspecified atom stereocenters. The largest absolute Gasteiger partial charge is 0.370 e. The fraction of sp³-hybridized carbons (Fsp3) is 0.500. The molecule has 0 saturated carbocycles. The molecular weight excluding hydrogens is 202 g/mol.